The zero-order valence-electron chi connectivity index (χ0n) is 12.7. The molecule has 1 aromatic heterocycles. The Kier molecular flexibility index (Phi) is 3.98. The Bertz CT molecular complexity index is 653. The van der Waals surface area contributed by atoms with Gasteiger partial charge in [-0.1, -0.05) is 42.4 Å². The summed E-state index contributed by atoms with van der Waals surface area (Å²) >= 11 is 0. The molecular formula is C17H20N2O3. The molecule has 5 nitrogen and oxygen atoms in total. The van der Waals surface area contributed by atoms with Gasteiger partial charge in [-0.25, -0.2) is 0 Å². The number of aliphatic carboxylic acids is 1. The van der Waals surface area contributed by atoms with E-state index in [1.807, 2.05) is 43.3 Å². The van der Waals surface area contributed by atoms with E-state index in [1.54, 1.807) is 0 Å². The van der Waals surface area contributed by atoms with E-state index in [9.17, 15) is 9.90 Å². The molecule has 0 radical (unpaired) electrons. The number of aryl methyl sites for hydroxylation is 1. The highest BCUT2D eigenvalue weighted by Gasteiger charge is 2.46. The first kappa shape index (κ1) is 14.8. The van der Waals surface area contributed by atoms with Gasteiger partial charge in [-0.15, -0.1) is 0 Å². The van der Waals surface area contributed by atoms with E-state index in [0.29, 0.717) is 19.5 Å². The number of hydrogen-bond acceptors (Lipinski definition) is 4. The van der Waals surface area contributed by atoms with E-state index in [-0.39, 0.29) is 0 Å². The Balaban J connectivity index is 1.77. The van der Waals surface area contributed by atoms with Crippen molar-refractivity contribution in [1.29, 1.82) is 0 Å². The number of carbonyl (C=O) groups is 1. The Morgan fingerprint density at radius 2 is 2.18 bits per heavy atom. The number of likely N-dealkylation sites (tertiary alicyclic amines) is 1. The number of carboxylic acid groups (broad SMARTS) is 1. The molecule has 0 aliphatic carbocycles. The van der Waals surface area contributed by atoms with Gasteiger partial charge in [0.1, 0.15) is 5.41 Å². The highest BCUT2D eigenvalue weighted by molar-refractivity contribution is 5.82. The zero-order chi connectivity index (χ0) is 15.6. The Labute approximate surface area is 129 Å². The van der Waals surface area contributed by atoms with Gasteiger partial charge >= 0.3 is 5.97 Å². The van der Waals surface area contributed by atoms with Crippen LogP contribution in [0.2, 0.25) is 0 Å². The van der Waals surface area contributed by atoms with Crippen molar-refractivity contribution in [3.05, 3.63) is 53.4 Å². The van der Waals surface area contributed by atoms with Crippen LogP contribution in [0.15, 0.2) is 40.9 Å². The first-order valence-electron chi connectivity index (χ1n) is 7.60. The van der Waals surface area contributed by atoms with Crippen molar-refractivity contribution in [2.45, 2.75) is 31.7 Å². The molecular weight excluding hydrogens is 280 g/mol. The molecule has 0 amide bonds. The van der Waals surface area contributed by atoms with Crippen LogP contribution in [0.3, 0.4) is 0 Å². The lowest BCUT2D eigenvalue weighted by Gasteiger charge is -2.25. The largest absolute Gasteiger partial charge is 0.481 e. The number of aromatic nitrogens is 1. The van der Waals surface area contributed by atoms with Crippen LogP contribution in [-0.4, -0.2) is 34.2 Å². The molecule has 22 heavy (non-hydrogen) atoms. The third kappa shape index (κ3) is 2.64. The summed E-state index contributed by atoms with van der Waals surface area (Å²) in [5.74, 6) is 0.0408. The van der Waals surface area contributed by atoms with Crippen LogP contribution in [0.4, 0.5) is 0 Å². The van der Waals surface area contributed by atoms with Gasteiger partial charge in [-0.05, 0) is 18.4 Å². The quantitative estimate of drug-likeness (QED) is 0.919. The van der Waals surface area contributed by atoms with Crippen molar-refractivity contribution in [3.8, 4) is 0 Å². The van der Waals surface area contributed by atoms with Gasteiger partial charge in [0.2, 0.25) is 0 Å². The second-order valence-electron chi connectivity index (χ2n) is 5.85. The normalized spacial score (nSPS) is 22.0. The van der Waals surface area contributed by atoms with Gasteiger partial charge in [0.25, 0.3) is 0 Å². The predicted octanol–water partition coefficient (Wildman–Crippen LogP) is 2.47. The van der Waals surface area contributed by atoms with Crippen molar-refractivity contribution in [3.63, 3.8) is 0 Å². The summed E-state index contributed by atoms with van der Waals surface area (Å²) in [6, 6.07) is 11.5. The molecule has 1 atom stereocenters. The summed E-state index contributed by atoms with van der Waals surface area (Å²) in [5.41, 5.74) is 0.980. The summed E-state index contributed by atoms with van der Waals surface area (Å²) in [4.78, 5) is 14.0. The van der Waals surface area contributed by atoms with E-state index in [1.165, 1.54) is 0 Å². The summed E-state index contributed by atoms with van der Waals surface area (Å²) in [7, 11) is 0. The first-order chi connectivity index (χ1) is 10.6. The van der Waals surface area contributed by atoms with Crippen LogP contribution in [0, 0.1) is 0 Å². The van der Waals surface area contributed by atoms with E-state index in [4.69, 9.17) is 4.52 Å². The first-order valence-corrected chi connectivity index (χ1v) is 7.60. The average molecular weight is 300 g/mol. The summed E-state index contributed by atoms with van der Waals surface area (Å²) in [5, 5.41) is 13.8. The lowest BCUT2D eigenvalue weighted by Crippen LogP contribution is -2.38. The van der Waals surface area contributed by atoms with Crippen molar-refractivity contribution in [1.82, 2.24) is 10.1 Å². The molecule has 1 saturated heterocycles. The Morgan fingerprint density at radius 3 is 2.82 bits per heavy atom. The fourth-order valence-electron chi connectivity index (χ4n) is 3.13. The fraction of sp³-hybridized carbons (Fsp3) is 0.412. The minimum atomic E-state index is -0.825. The van der Waals surface area contributed by atoms with Crippen molar-refractivity contribution in [2.24, 2.45) is 0 Å². The summed E-state index contributed by atoms with van der Waals surface area (Å²) in [6.07, 6.45) is 1.45. The number of carboxylic acids is 1. The SMILES string of the molecule is CCc1cc(CN2CC[C@](C(=O)O)(c3ccccc3)C2)on1. The maximum absolute atomic E-state index is 11.9. The molecule has 0 bridgehead atoms. The molecule has 5 heteroatoms. The molecule has 116 valence electrons. The van der Waals surface area contributed by atoms with Crippen LogP contribution in [0.25, 0.3) is 0 Å². The van der Waals surface area contributed by atoms with Crippen LogP contribution in [-0.2, 0) is 23.2 Å². The van der Waals surface area contributed by atoms with E-state index >= 15 is 0 Å². The number of hydrogen-bond donors (Lipinski definition) is 1. The van der Waals surface area contributed by atoms with Crippen LogP contribution in [0.5, 0.6) is 0 Å². The average Bonchev–Trinajstić information content (AvgIpc) is 3.16. The van der Waals surface area contributed by atoms with Crippen molar-refractivity contribution < 1.29 is 14.4 Å². The lowest BCUT2D eigenvalue weighted by atomic mass is 9.80. The topological polar surface area (TPSA) is 66.6 Å². The van der Waals surface area contributed by atoms with Crippen LogP contribution >= 0.6 is 0 Å². The molecule has 0 spiro atoms. The highest BCUT2D eigenvalue weighted by atomic mass is 16.5. The van der Waals surface area contributed by atoms with Gasteiger partial charge in [0, 0.05) is 19.2 Å². The Morgan fingerprint density at radius 1 is 1.41 bits per heavy atom. The highest BCUT2D eigenvalue weighted by Crippen LogP contribution is 2.35. The second kappa shape index (κ2) is 5.93. The molecule has 2 heterocycles. The zero-order valence-corrected chi connectivity index (χ0v) is 12.7. The molecule has 0 unspecified atom stereocenters. The second-order valence-corrected chi connectivity index (χ2v) is 5.85. The maximum atomic E-state index is 11.9. The molecule has 3 rings (SSSR count). The molecule has 1 aliphatic rings. The van der Waals surface area contributed by atoms with E-state index < -0.39 is 11.4 Å². The van der Waals surface area contributed by atoms with Crippen LogP contribution in [0.1, 0.15) is 30.4 Å². The summed E-state index contributed by atoms with van der Waals surface area (Å²) in [6.45, 7) is 3.87. The molecule has 1 aliphatic heterocycles. The molecule has 1 aromatic carbocycles. The molecule has 2 aromatic rings. The number of benzene rings is 1. The van der Waals surface area contributed by atoms with Crippen molar-refractivity contribution in [2.75, 3.05) is 13.1 Å². The smallest absolute Gasteiger partial charge is 0.315 e. The van der Waals surface area contributed by atoms with E-state index in [2.05, 4.69) is 10.1 Å². The standard InChI is InChI=1S/C17H20N2O3/c1-2-14-10-15(22-18-14)11-19-9-8-17(12-19,16(20)21)13-6-4-3-5-7-13/h3-7,10H,2,8-9,11-12H2,1H3,(H,20,21)/t17-/m1/s1. The van der Waals surface area contributed by atoms with Crippen LogP contribution < -0.4 is 0 Å². The van der Waals surface area contributed by atoms with Gasteiger partial charge in [-0.3, -0.25) is 9.69 Å². The van der Waals surface area contributed by atoms with Gasteiger partial charge in [-0.2, -0.15) is 0 Å². The molecule has 0 saturated carbocycles. The maximum Gasteiger partial charge on any atom is 0.315 e. The van der Waals surface area contributed by atoms with Crippen molar-refractivity contribution >= 4 is 5.97 Å². The summed E-state index contributed by atoms with van der Waals surface area (Å²) < 4.78 is 5.31. The molecule has 1 fully saturated rings. The third-order valence-electron chi connectivity index (χ3n) is 4.43. The lowest BCUT2D eigenvalue weighted by molar-refractivity contribution is -0.143. The number of nitrogens with zero attached hydrogens (tertiary/aromatic N) is 2. The minimum Gasteiger partial charge on any atom is -0.481 e. The van der Waals surface area contributed by atoms with Gasteiger partial charge in [0.05, 0.1) is 12.2 Å². The monoisotopic (exact) mass is 300 g/mol. The predicted molar refractivity (Wildman–Crippen MR) is 81.5 cm³/mol. The van der Waals surface area contributed by atoms with Gasteiger partial charge in [0.15, 0.2) is 5.76 Å². The number of rotatable bonds is 5. The Hall–Kier alpha value is -2.14. The third-order valence-corrected chi connectivity index (χ3v) is 4.43. The van der Waals surface area contributed by atoms with Gasteiger partial charge < -0.3 is 9.63 Å². The fourth-order valence-corrected chi connectivity index (χ4v) is 3.13. The van der Waals surface area contributed by atoms with E-state index in [0.717, 1.165) is 30.0 Å². The molecule has 1 N–H and O–H groups in total. The minimum absolute atomic E-state index is 0.495.